The van der Waals surface area contributed by atoms with Gasteiger partial charge in [0, 0.05) is 16.5 Å². The fraction of sp³-hybridized carbons (Fsp3) is 0.308. The lowest BCUT2D eigenvalue weighted by atomic mass is 10.2. The minimum Gasteiger partial charge on any atom is -0.464 e. The molecule has 2 rings (SSSR count). The van der Waals surface area contributed by atoms with E-state index in [2.05, 4.69) is 15.0 Å². The van der Waals surface area contributed by atoms with Crippen LogP contribution in [0.5, 0.6) is 0 Å². The highest BCUT2D eigenvalue weighted by atomic mass is 35.5. The minimum absolute atomic E-state index is 0.174. The fourth-order valence-electron chi connectivity index (χ4n) is 1.91. The van der Waals surface area contributed by atoms with E-state index in [0.29, 0.717) is 35.2 Å². The molecule has 1 heterocycles. The number of halogens is 2. The zero-order valence-electron chi connectivity index (χ0n) is 11.3. The van der Waals surface area contributed by atoms with Crippen LogP contribution in [0.3, 0.4) is 0 Å². The highest BCUT2D eigenvalue weighted by molar-refractivity contribution is 6.35. The van der Waals surface area contributed by atoms with Crippen molar-refractivity contribution in [2.24, 2.45) is 5.73 Å². The number of carbonyl (C=O) groups is 1. The van der Waals surface area contributed by atoms with Gasteiger partial charge in [-0.05, 0) is 24.2 Å². The van der Waals surface area contributed by atoms with E-state index in [9.17, 15) is 4.79 Å². The quantitative estimate of drug-likeness (QED) is 0.848. The van der Waals surface area contributed by atoms with E-state index in [0.717, 1.165) is 5.56 Å². The molecule has 0 radical (unpaired) electrons. The molecule has 0 bridgehead atoms. The molecule has 1 aromatic carbocycles. The molecular weight excluding hydrogens is 315 g/mol. The van der Waals surface area contributed by atoms with E-state index >= 15 is 0 Å². The number of hydrogen-bond acceptors (Lipinski definition) is 5. The van der Waals surface area contributed by atoms with Gasteiger partial charge in [-0.3, -0.25) is 0 Å². The molecule has 0 saturated carbocycles. The van der Waals surface area contributed by atoms with E-state index in [1.807, 2.05) is 0 Å². The smallest absolute Gasteiger partial charge is 0.360 e. The molecule has 112 valence electrons. The van der Waals surface area contributed by atoms with Gasteiger partial charge >= 0.3 is 5.97 Å². The second-order valence-corrected chi connectivity index (χ2v) is 5.15. The van der Waals surface area contributed by atoms with E-state index in [-0.39, 0.29) is 5.69 Å². The summed E-state index contributed by atoms with van der Waals surface area (Å²) in [6, 6.07) is 5.19. The lowest BCUT2D eigenvalue weighted by molar-refractivity contribution is 0.0592. The molecule has 0 atom stereocenters. The van der Waals surface area contributed by atoms with Crippen molar-refractivity contribution < 1.29 is 9.53 Å². The molecule has 0 fully saturated rings. The summed E-state index contributed by atoms with van der Waals surface area (Å²) in [5.74, 6) is -0.535. The average molecular weight is 329 g/mol. The Balaban J connectivity index is 2.35. The van der Waals surface area contributed by atoms with Crippen molar-refractivity contribution in [1.82, 2.24) is 15.0 Å². The van der Waals surface area contributed by atoms with E-state index in [1.54, 1.807) is 22.9 Å². The number of esters is 1. The first-order valence-corrected chi connectivity index (χ1v) is 6.97. The largest absolute Gasteiger partial charge is 0.464 e. The van der Waals surface area contributed by atoms with Crippen LogP contribution in [-0.4, -0.2) is 34.6 Å². The number of carbonyl (C=O) groups excluding carboxylic acids is 1. The second-order valence-electron chi connectivity index (χ2n) is 4.31. The van der Waals surface area contributed by atoms with Crippen LogP contribution in [0.15, 0.2) is 18.2 Å². The number of hydrogen-bond donors (Lipinski definition) is 1. The summed E-state index contributed by atoms with van der Waals surface area (Å²) >= 11 is 12.0. The Morgan fingerprint density at radius 3 is 2.81 bits per heavy atom. The highest BCUT2D eigenvalue weighted by Gasteiger charge is 2.20. The van der Waals surface area contributed by atoms with Crippen LogP contribution < -0.4 is 5.73 Å². The maximum Gasteiger partial charge on any atom is 0.360 e. The molecular formula is C13H14Cl2N4O2. The summed E-state index contributed by atoms with van der Waals surface area (Å²) in [5, 5.41) is 8.92. The Morgan fingerprint density at radius 1 is 1.43 bits per heavy atom. The van der Waals surface area contributed by atoms with E-state index in [4.69, 9.17) is 28.9 Å². The van der Waals surface area contributed by atoms with Crippen LogP contribution >= 0.6 is 23.2 Å². The summed E-state index contributed by atoms with van der Waals surface area (Å²) in [7, 11) is 1.30. The standard InChI is InChI=1S/C13H14Cl2N4O2/c1-21-13(20)12-11(4-5-16)19(18-17-12)7-8-2-3-9(14)6-10(8)15/h2-3,6H,4-5,7,16H2,1H3. The SMILES string of the molecule is COC(=O)c1nnn(Cc2ccc(Cl)cc2Cl)c1CCN. The van der Waals surface area contributed by atoms with E-state index in [1.165, 1.54) is 7.11 Å². The number of ether oxygens (including phenoxy) is 1. The van der Waals surface area contributed by atoms with Crippen LogP contribution in [0.25, 0.3) is 0 Å². The lowest BCUT2D eigenvalue weighted by Gasteiger charge is -2.08. The van der Waals surface area contributed by atoms with Gasteiger partial charge in [0.15, 0.2) is 5.69 Å². The number of rotatable bonds is 5. The van der Waals surface area contributed by atoms with Crippen molar-refractivity contribution in [2.75, 3.05) is 13.7 Å². The number of nitrogens with two attached hydrogens (primary N) is 1. The van der Waals surface area contributed by atoms with Crippen molar-refractivity contribution in [2.45, 2.75) is 13.0 Å². The van der Waals surface area contributed by atoms with Gasteiger partial charge in [0.05, 0.1) is 19.3 Å². The summed E-state index contributed by atoms with van der Waals surface area (Å²) in [4.78, 5) is 11.7. The van der Waals surface area contributed by atoms with Crippen LogP contribution in [0.4, 0.5) is 0 Å². The van der Waals surface area contributed by atoms with Gasteiger partial charge in [-0.1, -0.05) is 34.5 Å². The first-order valence-electron chi connectivity index (χ1n) is 6.21. The first-order chi connectivity index (χ1) is 10.1. The topological polar surface area (TPSA) is 83.0 Å². The summed E-state index contributed by atoms with van der Waals surface area (Å²) in [6.45, 7) is 0.737. The first kappa shape index (κ1) is 15.8. The lowest BCUT2D eigenvalue weighted by Crippen LogP contribution is -2.15. The number of methoxy groups -OCH3 is 1. The maximum absolute atomic E-state index is 11.7. The molecule has 2 aromatic rings. The van der Waals surface area contributed by atoms with Gasteiger partial charge in [0.2, 0.25) is 0 Å². The maximum atomic E-state index is 11.7. The monoisotopic (exact) mass is 328 g/mol. The van der Waals surface area contributed by atoms with Gasteiger partial charge in [-0.15, -0.1) is 5.10 Å². The summed E-state index contributed by atoms with van der Waals surface area (Å²) in [5.41, 5.74) is 7.19. The van der Waals surface area contributed by atoms with Crippen molar-refractivity contribution in [1.29, 1.82) is 0 Å². The molecule has 0 amide bonds. The molecule has 8 heteroatoms. The third-order valence-electron chi connectivity index (χ3n) is 2.93. The minimum atomic E-state index is -0.535. The fourth-order valence-corrected chi connectivity index (χ4v) is 2.38. The second kappa shape index (κ2) is 6.89. The summed E-state index contributed by atoms with van der Waals surface area (Å²) < 4.78 is 6.28. The van der Waals surface area contributed by atoms with E-state index < -0.39 is 5.97 Å². The molecule has 0 aliphatic carbocycles. The number of nitrogens with zero attached hydrogens (tertiary/aromatic N) is 3. The Hall–Kier alpha value is -1.63. The summed E-state index contributed by atoms with van der Waals surface area (Å²) in [6.07, 6.45) is 0.461. The Labute approximate surface area is 131 Å². The molecule has 1 aromatic heterocycles. The third kappa shape index (κ3) is 3.53. The predicted octanol–water partition coefficient (Wildman–Crippen LogP) is 1.92. The highest BCUT2D eigenvalue weighted by Crippen LogP contribution is 2.22. The Kier molecular flexibility index (Phi) is 5.17. The Morgan fingerprint density at radius 2 is 2.19 bits per heavy atom. The molecule has 0 aliphatic heterocycles. The molecule has 0 unspecified atom stereocenters. The van der Waals surface area contributed by atoms with Crippen LogP contribution in [0, 0.1) is 0 Å². The van der Waals surface area contributed by atoms with Gasteiger partial charge in [-0.2, -0.15) is 0 Å². The molecule has 2 N–H and O–H groups in total. The third-order valence-corrected chi connectivity index (χ3v) is 3.52. The number of aromatic nitrogens is 3. The van der Waals surface area contributed by atoms with Gasteiger partial charge in [-0.25, -0.2) is 9.48 Å². The van der Waals surface area contributed by atoms with Crippen molar-refractivity contribution in [3.05, 3.63) is 45.2 Å². The van der Waals surface area contributed by atoms with Crippen LogP contribution in [0.1, 0.15) is 21.7 Å². The van der Waals surface area contributed by atoms with Crippen molar-refractivity contribution >= 4 is 29.2 Å². The predicted molar refractivity (Wildman–Crippen MR) is 79.7 cm³/mol. The van der Waals surface area contributed by atoms with Crippen LogP contribution in [-0.2, 0) is 17.7 Å². The molecule has 0 spiro atoms. The van der Waals surface area contributed by atoms with Crippen molar-refractivity contribution in [3.63, 3.8) is 0 Å². The van der Waals surface area contributed by atoms with Gasteiger partial charge < -0.3 is 10.5 Å². The molecule has 21 heavy (non-hydrogen) atoms. The van der Waals surface area contributed by atoms with Gasteiger partial charge in [0.1, 0.15) is 0 Å². The number of benzene rings is 1. The zero-order chi connectivity index (χ0) is 15.4. The zero-order valence-corrected chi connectivity index (χ0v) is 12.9. The normalized spacial score (nSPS) is 10.7. The Bertz CT molecular complexity index is 658. The molecule has 0 saturated heterocycles. The van der Waals surface area contributed by atoms with Gasteiger partial charge in [0.25, 0.3) is 0 Å². The van der Waals surface area contributed by atoms with Crippen LogP contribution in [0.2, 0.25) is 10.0 Å². The molecule has 0 aliphatic rings. The molecule has 6 nitrogen and oxygen atoms in total. The average Bonchev–Trinajstić information content (AvgIpc) is 2.84. The van der Waals surface area contributed by atoms with Crippen molar-refractivity contribution in [3.8, 4) is 0 Å².